The van der Waals surface area contributed by atoms with Crippen molar-refractivity contribution in [2.45, 2.75) is 109 Å². The van der Waals surface area contributed by atoms with Crippen molar-refractivity contribution in [3.8, 4) is 5.75 Å². The normalized spacial score (nSPS) is 25.3. The van der Waals surface area contributed by atoms with E-state index in [1.54, 1.807) is 12.1 Å². The van der Waals surface area contributed by atoms with Gasteiger partial charge in [-0.25, -0.2) is 9.18 Å². The molecule has 0 spiro atoms. The molecule has 172 valence electrons. The van der Waals surface area contributed by atoms with Gasteiger partial charge >= 0.3 is 5.97 Å². The van der Waals surface area contributed by atoms with Crippen molar-refractivity contribution >= 4 is 5.97 Å². The molecule has 1 aromatic rings. The fraction of sp³-hybridized carbons (Fsp3) is 0.667. The largest absolute Gasteiger partial charge is 0.420 e. The molecule has 0 aliphatic heterocycles. The van der Waals surface area contributed by atoms with Gasteiger partial charge in [-0.1, -0.05) is 58.1 Å². The fourth-order valence-electron chi connectivity index (χ4n) is 5.65. The Kier molecular flexibility index (Phi) is 8.30. The van der Waals surface area contributed by atoms with E-state index in [0.29, 0.717) is 11.0 Å². The summed E-state index contributed by atoms with van der Waals surface area (Å²) in [7, 11) is 0. The van der Waals surface area contributed by atoms with Crippen molar-refractivity contribution in [1.29, 1.82) is 0 Å². The summed E-state index contributed by atoms with van der Waals surface area (Å²) in [6.07, 6.45) is 18.2. The second-order valence-electron chi connectivity index (χ2n) is 9.80. The van der Waals surface area contributed by atoms with Crippen LogP contribution in [0.25, 0.3) is 0 Å². The number of allylic oxidation sites excluding steroid dienone is 1. The first-order chi connectivity index (χ1) is 15.0. The van der Waals surface area contributed by atoms with E-state index in [1.165, 1.54) is 37.8 Å². The number of fused-ring (bicyclic) bond motifs is 3. The third kappa shape index (κ3) is 5.56. The fourth-order valence-corrected chi connectivity index (χ4v) is 5.65. The molecule has 0 aromatic heterocycles. The van der Waals surface area contributed by atoms with Crippen LogP contribution in [0.1, 0.15) is 109 Å². The maximum Gasteiger partial charge on any atom is 0.335 e. The van der Waals surface area contributed by atoms with Crippen molar-refractivity contribution in [2.75, 3.05) is 0 Å². The van der Waals surface area contributed by atoms with Gasteiger partial charge in [0.05, 0.1) is 0 Å². The van der Waals surface area contributed by atoms with Crippen LogP contribution in [0.15, 0.2) is 24.3 Å². The minimum Gasteiger partial charge on any atom is -0.420 e. The molecule has 2 bridgehead atoms. The molecule has 3 aliphatic carbocycles. The molecule has 0 N–H and O–H groups in total. The first-order valence-corrected chi connectivity index (χ1v) is 12.3. The van der Waals surface area contributed by atoms with E-state index in [2.05, 4.69) is 13.8 Å². The molecule has 3 fully saturated rings. The maximum atomic E-state index is 15.1. The maximum absolute atomic E-state index is 15.1. The lowest BCUT2D eigenvalue weighted by molar-refractivity contribution is -0.129. The minimum absolute atomic E-state index is 0.265. The molecule has 4 rings (SSSR count). The van der Waals surface area contributed by atoms with Crippen molar-refractivity contribution in [2.24, 2.45) is 5.41 Å². The highest BCUT2D eigenvalue weighted by atomic mass is 19.2. The van der Waals surface area contributed by atoms with Gasteiger partial charge < -0.3 is 4.74 Å². The predicted molar refractivity (Wildman–Crippen MR) is 121 cm³/mol. The average molecular weight is 433 g/mol. The molecule has 3 aliphatic rings. The summed E-state index contributed by atoms with van der Waals surface area (Å²) >= 11 is 0. The molecule has 4 heteroatoms. The highest BCUT2D eigenvalue weighted by Crippen LogP contribution is 2.60. The van der Waals surface area contributed by atoms with E-state index >= 15 is 4.39 Å². The van der Waals surface area contributed by atoms with Gasteiger partial charge in [0, 0.05) is 6.08 Å². The number of esters is 1. The van der Waals surface area contributed by atoms with Crippen LogP contribution in [-0.4, -0.2) is 5.97 Å². The molecule has 0 amide bonds. The lowest BCUT2D eigenvalue weighted by Crippen LogP contribution is -2.44. The summed E-state index contributed by atoms with van der Waals surface area (Å²) in [6, 6.07) is 3.09. The number of ether oxygens (including phenoxy) is 1. The summed E-state index contributed by atoms with van der Waals surface area (Å²) in [5, 5.41) is 0. The Labute approximate surface area is 186 Å². The van der Waals surface area contributed by atoms with Crippen LogP contribution in [0, 0.1) is 17.0 Å². The molecule has 31 heavy (non-hydrogen) atoms. The highest BCUT2D eigenvalue weighted by Gasteiger charge is 2.50. The Morgan fingerprint density at radius 1 is 0.935 bits per heavy atom. The minimum atomic E-state index is -1.04. The zero-order chi connectivity index (χ0) is 22.3. The van der Waals surface area contributed by atoms with Crippen LogP contribution in [-0.2, 0) is 10.2 Å². The van der Waals surface area contributed by atoms with Gasteiger partial charge in [-0.2, -0.15) is 4.39 Å². The summed E-state index contributed by atoms with van der Waals surface area (Å²) < 4.78 is 35.0. The summed E-state index contributed by atoms with van der Waals surface area (Å²) in [5.41, 5.74) is 0.631. The van der Waals surface area contributed by atoms with Crippen LogP contribution >= 0.6 is 0 Å². The quantitative estimate of drug-likeness (QED) is 0.152. The van der Waals surface area contributed by atoms with E-state index in [-0.39, 0.29) is 11.2 Å². The van der Waals surface area contributed by atoms with E-state index in [4.69, 9.17) is 4.74 Å². The van der Waals surface area contributed by atoms with Gasteiger partial charge in [-0.3, -0.25) is 0 Å². The number of carbonyl (C=O) groups excluding carboxylic acids is 1. The molecule has 0 heterocycles. The number of unbranched alkanes of at least 4 members (excludes halogenated alkanes) is 5. The first kappa shape index (κ1) is 23.9. The number of halogens is 2. The second-order valence-corrected chi connectivity index (χ2v) is 9.80. The predicted octanol–water partition coefficient (Wildman–Crippen LogP) is 8.18. The third-order valence-corrected chi connectivity index (χ3v) is 7.77. The number of benzene rings is 1. The first-order valence-electron chi connectivity index (χ1n) is 12.3. The van der Waals surface area contributed by atoms with Gasteiger partial charge in [-0.15, -0.1) is 0 Å². The van der Waals surface area contributed by atoms with E-state index in [9.17, 15) is 9.18 Å². The number of hydrogen-bond donors (Lipinski definition) is 0. The van der Waals surface area contributed by atoms with Crippen LogP contribution in [0.3, 0.4) is 0 Å². The summed E-state index contributed by atoms with van der Waals surface area (Å²) in [6.45, 7) is 4.34. The van der Waals surface area contributed by atoms with Gasteiger partial charge in [0.2, 0.25) is 5.82 Å². The van der Waals surface area contributed by atoms with Crippen LogP contribution in [0.4, 0.5) is 8.78 Å². The topological polar surface area (TPSA) is 26.3 Å². The standard InChI is InChI=1S/C27H38F2O2/c1-3-5-7-8-9-11-23(30)31-22-13-12-21(24(28)25(22)29)27-18-15-26(16-19-27,17-20-27)14-10-6-4-2/h9,11-13H,3-8,10,14-20H2,1-2H3. The molecule has 3 saturated carbocycles. The zero-order valence-corrected chi connectivity index (χ0v) is 19.3. The van der Waals surface area contributed by atoms with Crippen LogP contribution < -0.4 is 4.74 Å². The Morgan fingerprint density at radius 2 is 1.58 bits per heavy atom. The Morgan fingerprint density at radius 3 is 2.23 bits per heavy atom. The summed E-state index contributed by atoms with van der Waals surface area (Å²) in [5.74, 6) is -2.85. The number of rotatable bonds is 11. The summed E-state index contributed by atoms with van der Waals surface area (Å²) in [4.78, 5) is 12.0. The van der Waals surface area contributed by atoms with Gasteiger partial charge in [0.15, 0.2) is 11.6 Å². The smallest absolute Gasteiger partial charge is 0.335 e. The Bertz CT molecular complexity index is 759. The lowest BCUT2D eigenvalue weighted by Gasteiger charge is -2.54. The van der Waals surface area contributed by atoms with Crippen molar-refractivity contribution in [3.05, 3.63) is 41.5 Å². The van der Waals surface area contributed by atoms with Gasteiger partial charge in [0.25, 0.3) is 0 Å². The molecule has 0 saturated heterocycles. The average Bonchev–Trinajstić information content (AvgIpc) is 2.78. The monoisotopic (exact) mass is 432 g/mol. The third-order valence-electron chi connectivity index (χ3n) is 7.77. The Hall–Kier alpha value is -1.71. The van der Waals surface area contributed by atoms with Gasteiger partial charge in [-0.05, 0) is 80.2 Å². The molecular weight excluding hydrogens is 394 g/mol. The van der Waals surface area contributed by atoms with Crippen LogP contribution in [0.5, 0.6) is 5.75 Å². The van der Waals surface area contributed by atoms with Crippen molar-refractivity contribution < 1.29 is 18.3 Å². The van der Waals surface area contributed by atoms with Crippen molar-refractivity contribution in [1.82, 2.24) is 0 Å². The van der Waals surface area contributed by atoms with Crippen molar-refractivity contribution in [3.63, 3.8) is 0 Å². The van der Waals surface area contributed by atoms with Crippen LogP contribution in [0.2, 0.25) is 0 Å². The zero-order valence-electron chi connectivity index (χ0n) is 19.3. The molecule has 0 radical (unpaired) electrons. The highest BCUT2D eigenvalue weighted by molar-refractivity contribution is 5.84. The Balaban J connectivity index is 1.64. The number of carbonyl (C=O) groups is 1. The van der Waals surface area contributed by atoms with E-state index < -0.39 is 17.6 Å². The lowest BCUT2D eigenvalue weighted by atomic mass is 9.51. The SMILES string of the molecule is CCCCCC=CC(=O)Oc1ccc(C23CCC(CCCCC)(CC2)CC3)c(F)c1F. The second kappa shape index (κ2) is 10.7. The molecule has 1 aromatic carbocycles. The van der Waals surface area contributed by atoms with Gasteiger partial charge in [0.1, 0.15) is 0 Å². The molecular formula is C27H38F2O2. The molecule has 0 unspecified atom stereocenters. The van der Waals surface area contributed by atoms with E-state index in [1.807, 2.05) is 0 Å². The molecule has 2 nitrogen and oxygen atoms in total. The van der Waals surface area contributed by atoms with E-state index in [0.717, 1.165) is 64.2 Å². The number of hydrogen-bond acceptors (Lipinski definition) is 2. The molecule has 0 atom stereocenters.